The fourth-order valence-electron chi connectivity index (χ4n) is 2.20. The SMILES string of the molecule is CC(C)(C)OC(=O)N1CCC(Sc2ccccc2Br)CC1. The number of hydrogen-bond acceptors (Lipinski definition) is 3. The number of hydrogen-bond donors (Lipinski definition) is 0. The largest absolute Gasteiger partial charge is 0.444 e. The summed E-state index contributed by atoms with van der Waals surface area (Å²) in [6, 6.07) is 8.29. The Balaban J connectivity index is 1.83. The maximum Gasteiger partial charge on any atom is 0.410 e. The Morgan fingerprint density at radius 3 is 2.48 bits per heavy atom. The number of thioether (sulfide) groups is 1. The molecule has 1 heterocycles. The van der Waals surface area contributed by atoms with E-state index < -0.39 is 5.60 Å². The Labute approximate surface area is 139 Å². The molecule has 1 aromatic rings. The summed E-state index contributed by atoms with van der Waals surface area (Å²) in [5, 5.41) is 0.558. The maximum atomic E-state index is 12.0. The van der Waals surface area contributed by atoms with Crippen LogP contribution in [0.25, 0.3) is 0 Å². The lowest BCUT2D eigenvalue weighted by Crippen LogP contribution is -2.42. The molecule has 0 radical (unpaired) electrons. The van der Waals surface area contributed by atoms with E-state index in [0.717, 1.165) is 30.4 Å². The molecule has 1 aliphatic heterocycles. The zero-order valence-corrected chi connectivity index (χ0v) is 15.2. The van der Waals surface area contributed by atoms with Crippen LogP contribution in [0.3, 0.4) is 0 Å². The van der Waals surface area contributed by atoms with Gasteiger partial charge >= 0.3 is 6.09 Å². The number of amides is 1. The van der Waals surface area contributed by atoms with Gasteiger partial charge in [0.05, 0.1) is 0 Å². The van der Waals surface area contributed by atoms with Crippen molar-refractivity contribution in [3.63, 3.8) is 0 Å². The molecule has 1 aliphatic rings. The first kappa shape index (κ1) is 16.7. The summed E-state index contributed by atoms with van der Waals surface area (Å²) >= 11 is 5.48. The van der Waals surface area contributed by atoms with Gasteiger partial charge in [-0.1, -0.05) is 12.1 Å². The quantitative estimate of drug-likeness (QED) is 0.736. The van der Waals surface area contributed by atoms with Gasteiger partial charge in [0.2, 0.25) is 0 Å². The van der Waals surface area contributed by atoms with Crippen molar-refractivity contribution in [3.8, 4) is 0 Å². The molecule has 0 aliphatic carbocycles. The first-order valence-corrected chi connectivity index (χ1v) is 8.91. The molecule has 0 spiro atoms. The number of ether oxygens (including phenoxy) is 1. The van der Waals surface area contributed by atoms with E-state index in [9.17, 15) is 4.79 Å². The van der Waals surface area contributed by atoms with E-state index in [2.05, 4.69) is 34.1 Å². The summed E-state index contributed by atoms with van der Waals surface area (Å²) in [5.74, 6) is 0. The highest BCUT2D eigenvalue weighted by Crippen LogP contribution is 2.34. The van der Waals surface area contributed by atoms with Crippen molar-refractivity contribution in [2.45, 2.75) is 49.4 Å². The highest BCUT2D eigenvalue weighted by Gasteiger charge is 2.27. The van der Waals surface area contributed by atoms with Crippen LogP contribution in [0.1, 0.15) is 33.6 Å². The molecule has 1 fully saturated rings. The number of benzene rings is 1. The van der Waals surface area contributed by atoms with E-state index in [1.807, 2.05) is 43.5 Å². The smallest absolute Gasteiger partial charge is 0.410 e. The minimum absolute atomic E-state index is 0.188. The molecular formula is C16H22BrNO2S. The second-order valence-electron chi connectivity index (χ2n) is 6.22. The van der Waals surface area contributed by atoms with Gasteiger partial charge < -0.3 is 9.64 Å². The van der Waals surface area contributed by atoms with Crippen LogP contribution in [0.4, 0.5) is 4.79 Å². The number of rotatable bonds is 2. The van der Waals surface area contributed by atoms with Gasteiger partial charge in [-0.15, -0.1) is 11.8 Å². The van der Waals surface area contributed by atoms with E-state index in [0.29, 0.717) is 5.25 Å². The molecule has 0 unspecified atom stereocenters. The molecule has 1 amide bonds. The van der Waals surface area contributed by atoms with Crippen LogP contribution in [-0.2, 0) is 4.74 Å². The summed E-state index contributed by atoms with van der Waals surface area (Å²) in [6.07, 6.45) is 1.82. The third-order valence-corrected chi connectivity index (χ3v) is 5.59. The zero-order chi connectivity index (χ0) is 15.5. The average molecular weight is 372 g/mol. The predicted octanol–water partition coefficient (Wildman–Crippen LogP) is 4.94. The van der Waals surface area contributed by atoms with Gasteiger partial charge in [-0.3, -0.25) is 0 Å². The minimum atomic E-state index is -0.419. The maximum absolute atomic E-state index is 12.0. The van der Waals surface area contributed by atoms with Crippen LogP contribution in [0.5, 0.6) is 0 Å². The normalized spacial score (nSPS) is 16.9. The molecule has 5 heteroatoms. The molecule has 1 aromatic carbocycles. The second kappa shape index (κ2) is 7.05. The van der Waals surface area contributed by atoms with Gasteiger partial charge in [0.25, 0.3) is 0 Å². The minimum Gasteiger partial charge on any atom is -0.444 e. The highest BCUT2D eigenvalue weighted by atomic mass is 79.9. The number of piperidine rings is 1. The Morgan fingerprint density at radius 1 is 1.29 bits per heavy atom. The lowest BCUT2D eigenvalue weighted by atomic mass is 10.1. The average Bonchev–Trinajstić information content (AvgIpc) is 2.40. The van der Waals surface area contributed by atoms with E-state index in [-0.39, 0.29) is 6.09 Å². The molecule has 0 N–H and O–H groups in total. The number of halogens is 1. The van der Waals surface area contributed by atoms with Crippen LogP contribution in [0, 0.1) is 0 Å². The van der Waals surface area contributed by atoms with Crippen LogP contribution >= 0.6 is 27.7 Å². The summed E-state index contributed by atoms with van der Waals surface area (Å²) in [4.78, 5) is 15.1. The van der Waals surface area contributed by atoms with E-state index in [4.69, 9.17) is 4.74 Å². The highest BCUT2D eigenvalue weighted by molar-refractivity contribution is 9.10. The van der Waals surface area contributed by atoms with Crippen molar-refractivity contribution in [3.05, 3.63) is 28.7 Å². The van der Waals surface area contributed by atoms with Crippen molar-refractivity contribution in [1.82, 2.24) is 4.90 Å². The van der Waals surface area contributed by atoms with Gasteiger partial charge in [-0.2, -0.15) is 0 Å². The Kier molecular flexibility index (Phi) is 5.60. The summed E-state index contributed by atoms with van der Waals surface area (Å²) in [5.41, 5.74) is -0.419. The van der Waals surface area contributed by atoms with Crippen LogP contribution < -0.4 is 0 Å². The number of nitrogens with zero attached hydrogens (tertiary/aromatic N) is 1. The fourth-order valence-corrected chi connectivity index (χ4v) is 3.91. The van der Waals surface area contributed by atoms with Crippen molar-refractivity contribution in [2.75, 3.05) is 13.1 Å². The molecule has 3 nitrogen and oxygen atoms in total. The van der Waals surface area contributed by atoms with Gasteiger partial charge in [-0.05, 0) is 61.7 Å². The lowest BCUT2D eigenvalue weighted by Gasteiger charge is -2.33. The number of carbonyl (C=O) groups is 1. The van der Waals surface area contributed by atoms with Crippen LogP contribution in [0.2, 0.25) is 0 Å². The van der Waals surface area contributed by atoms with E-state index in [1.54, 1.807) is 0 Å². The summed E-state index contributed by atoms with van der Waals surface area (Å²) in [7, 11) is 0. The van der Waals surface area contributed by atoms with Gasteiger partial charge in [0, 0.05) is 27.7 Å². The summed E-state index contributed by atoms with van der Waals surface area (Å²) in [6.45, 7) is 7.26. The molecule has 116 valence electrons. The Hall–Kier alpha value is -0.680. The third kappa shape index (κ3) is 5.22. The predicted molar refractivity (Wildman–Crippen MR) is 90.8 cm³/mol. The van der Waals surface area contributed by atoms with Crippen LogP contribution in [0.15, 0.2) is 33.6 Å². The van der Waals surface area contributed by atoms with Gasteiger partial charge in [0.1, 0.15) is 5.60 Å². The molecule has 0 bridgehead atoms. The molecule has 2 rings (SSSR count). The number of likely N-dealkylation sites (tertiary alicyclic amines) is 1. The van der Waals surface area contributed by atoms with E-state index in [1.165, 1.54) is 4.90 Å². The van der Waals surface area contributed by atoms with Crippen LogP contribution in [-0.4, -0.2) is 34.9 Å². The first-order valence-electron chi connectivity index (χ1n) is 7.24. The Bertz CT molecular complexity index is 493. The molecular weight excluding hydrogens is 350 g/mol. The number of carbonyl (C=O) groups excluding carboxylic acids is 1. The summed E-state index contributed by atoms with van der Waals surface area (Å²) < 4.78 is 6.57. The van der Waals surface area contributed by atoms with Crippen molar-refractivity contribution < 1.29 is 9.53 Å². The second-order valence-corrected chi connectivity index (χ2v) is 8.41. The lowest BCUT2D eigenvalue weighted by molar-refractivity contribution is 0.0219. The van der Waals surface area contributed by atoms with Gasteiger partial charge in [-0.25, -0.2) is 4.79 Å². The molecule has 0 aromatic heterocycles. The first-order chi connectivity index (χ1) is 9.85. The monoisotopic (exact) mass is 371 g/mol. The van der Waals surface area contributed by atoms with Gasteiger partial charge in [0.15, 0.2) is 0 Å². The Morgan fingerprint density at radius 2 is 1.90 bits per heavy atom. The van der Waals surface area contributed by atoms with Crippen molar-refractivity contribution in [2.24, 2.45) is 0 Å². The molecule has 1 saturated heterocycles. The molecule has 21 heavy (non-hydrogen) atoms. The standard InChI is InChI=1S/C16H22BrNO2S/c1-16(2,3)20-15(19)18-10-8-12(9-11-18)21-14-7-5-4-6-13(14)17/h4-7,12H,8-11H2,1-3H3. The molecule has 0 atom stereocenters. The van der Waals surface area contributed by atoms with Crippen molar-refractivity contribution >= 4 is 33.8 Å². The van der Waals surface area contributed by atoms with Crippen molar-refractivity contribution in [1.29, 1.82) is 0 Å². The van der Waals surface area contributed by atoms with E-state index >= 15 is 0 Å². The molecule has 0 saturated carbocycles. The zero-order valence-electron chi connectivity index (χ0n) is 12.8. The topological polar surface area (TPSA) is 29.5 Å². The third-order valence-electron chi connectivity index (χ3n) is 3.22. The fraction of sp³-hybridized carbons (Fsp3) is 0.562.